The van der Waals surface area contributed by atoms with E-state index in [1.165, 1.54) is 5.56 Å². The molecule has 0 radical (unpaired) electrons. The number of rotatable bonds is 1. The monoisotopic (exact) mass is 191 g/mol. The molecule has 0 aromatic heterocycles. The normalized spacial score (nSPS) is 15.0. The van der Waals surface area contributed by atoms with E-state index in [9.17, 15) is 4.79 Å². The molecule has 1 aliphatic rings. The van der Waals surface area contributed by atoms with Gasteiger partial charge in [-0.2, -0.15) is 0 Å². The molecule has 1 aromatic carbocycles. The molecule has 3 nitrogen and oxygen atoms in total. The predicted molar refractivity (Wildman–Crippen MR) is 54.4 cm³/mol. The van der Waals surface area contributed by atoms with E-state index in [-0.39, 0.29) is 6.09 Å². The third-order valence-corrected chi connectivity index (χ3v) is 2.54. The van der Waals surface area contributed by atoms with Crippen molar-refractivity contribution in [2.45, 2.75) is 20.0 Å². The summed E-state index contributed by atoms with van der Waals surface area (Å²) in [5.74, 6) is 0. The third-order valence-electron chi connectivity index (χ3n) is 2.54. The number of hydrogen-bond acceptors (Lipinski definition) is 2. The third kappa shape index (κ3) is 1.35. The Balaban J connectivity index is 2.46. The summed E-state index contributed by atoms with van der Waals surface area (Å²) in [4.78, 5) is 12.8. The van der Waals surface area contributed by atoms with Gasteiger partial charge in [-0.05, 0) is 18.1 Å². The van der Waals surface area contributed by atoms with Gasteiger partial charge in [0, 0.05) is 12.6 Å². The van der Waals surface area contributed by atoms with E-state index >= 15 is 0 Å². The largest absolute Gasteiger partial charge is 0.444 e. The van der Waals surface area contributed by atoms with Crippen LogP contribution in [0.2, 0.25) is 0 Å². The number of anilines is 1. The van der Waals surface area contributed by atoms with Crippen molar-refractivity contribution in [3.8, 4) is 0 Å². The fraction of sp³-hybridized carbons (Fsp3) is 0.364. The Morgan fingerprint density at radius 2 is 2.29 bits per heavy atom. The molecule has 1 amide bonds. The average Bonchev–Trinajstić information content (AvgIpc) is 2.23. The lowest BCUT2D eigenvalue weighted by atomic mass is 10.1. The van der Waals surface area contributed by atoms with Crippen molar-refractivity contribution in [1.82, 2.24) is 0 Å². The minimum atomic E-state index is -0.272. The van der Waals surface area contributed by atoms with E-state index in [1.807, 2.05) is 6.07 Å². The predicted octanol–water partition coefficient (Wildman–Crippen LogP) is 2.34. The Morgan fingerprint density at radius 1 is 1.50 bits per heavy atom. The molecule has 0 aliphatic carbocycles. The van der Waals surface area contributed by atoms with E-state index in [0.29, 0.717) is 6.61 Å². The van der Waals surface area contributed by atoms with Gasteiger partial charge in [0.2, 0.25) is 0 Å². The Kier molecular flexibility index (Phi) is 2.15. The molecular weight excluding hydrogens is 178 g/mol. The van der Waals surface area contributed by atoms with Crippen LogP contribution in [-0.4, -0.2) is 13.1 Å². The number of cyclic esters (lactones) is 1. The fourth-order valence-electron chi connectivity index (χ4n) is 1.60. The van der Waals surface area contributed by atoms with E-state index in [1.54, 1.807) is 11.9 Å². The molecular formula is C11H13NO2. The molecule has 2 rings (SSSR count). The second kappa shape index (κ2) is 3.33. The molecule has 0 N–H and O–H groups in total. The zero-order valence-electron chi connectivity index (χ0n) is 8.41. The van der Waals surface area contributed by atoms with Crippen molar-refractivity contribution in [1.29, 1.82) is 0 Å². The maximum Gasteiger partial charge on any atom is 0.414 e. The number of ether oxygens (including phenoxy) is 1. The smallest absolute Gasteiger partial charge is 0.414 e. The second-order valence-corrected chi connectivity index (χ2v) is 3.43. The number of fused-ring (bicyclic) bond motifs is 1. The van der Waals surface area contributed by atoms with Gasteiger partial charge in [-0.1, -0.05) is 19.1 Å². The Bertz CT molecular complexity index is 374. The fourth-order valence-corrected chi connectivity index (χ4v) is 1.60. The van der Waals surface area contributed by atoms with Crippen LogP contribution in [-0.2, 0) is 17.8 Å². The highest BCUT2D eigenvalue weighted by Gasteiger charge is 2.21. The number of aryl methyl sites for hydroxylation is 1. The summed E-state index contributed by atoms with van der Waals surface area (Å²) in [6, 6.07) is 6.15. The molecule has 0 atom stereocenters. The molecule has 0 fully saturated rings. The summed E-state index contributed by atoms with van der Waals surface area (Å²) in [5, 5.41) is 0. The summed E-state index contributed by atoms with van der Waals surface area (Å²) in [6.45, 7) is 2.49. The van der Waals surface area contributed by atoms with Crippen LogP contribution in [0.4, 0.5) is 10.5 Å². The number of hydrogen-bond donors (Lipinski definition) is 0. The van der Waals surface area contributed by atoms with Crippen molar-refractivity contribution < 1.29 is 9.53 Å². The molecule has 3 heteroatoms. The summed E-state index contributed by atoms with van der Waals surface area (Å²) in [6.07, 6.45) is 0.710. The topological polar surface area (TPSA) is 29.5 Å². The zero-order chi connectivity index (χ0) is 10.1. The Labute approximate surface area is 83.3 Å². The lowest BCUT2D eigenvalue weighted by Gasteiger charge is -2.25. The van der Waals surface area contributed by atoms with Gasteiger partial charge in [-0.15, -0.1) is 0 Å². The molecule has 14 heavy (non-hydrogen) atoms. The van der Waals surface area contributed by atoms with E-state index < -0.39 is 0 Å². The average molecular weight is 191 g/mol. The molecule has 0 saturated carbocycles. The SMILES string of the molecule is CCc1ccc2c(c1)N(C)C(=O)OC2. The van der Waals surface area contributed by atoms with Crippen molar-refractivity contribution >= 4 is 11.8 Å². The van der Waals surface area contributed by atoms with Gasteiger partial charge in [-0.3, -0.25) is 4.90 Å². The molecule has 0 saturated heterocycles. The first-order valence-electron chi connectivity index (χ1n) is 4.74. The van der Waals surface area contributed by atoms with Gasteiger partial charge in [-0.25, -0.2) is 4.79 Å². The lowest BCUT2D eigenvalue weighted by molar-refractivity contribution is 0.143. The van der Waals surface area contributed by atoms with Crippen LogP contribution in [0.1, 0.15) is 18.1 Å². The minimum Gasteiger partial charge on any atom is -0.444 e. The number of benzene rings is 1. The van der Waals surface area contributed by atoms with Crippen LogP contribution in [0, 0.1) is 0 Å². The van der Waals surface area contributed by atoms with Gasteiger partial charge < -0.3 is 4.74 Å². The van der Waals surface area contributed by atoms with E-state index in [2.05, 4.69) is 19.1 Å². The number of carbonyl (C=O) groups is 1. The van der Waals surface area contributed by atoms with Gasteiger partial charge >= 0.3 is 6.09 Å². The van der Waals surface area contributed by atoms with Gasteiger partial charge in [0.1, 0.15) is 6.61 Å². The molecule has 0 spiro atoms. The summed E-state index contributed by atoms with van der Waals surface area (Å²) >= 11 is 0. The first-order chi connectivity index (χ1) is 6.72. The number of carbonyl (C=O) groups excluding carboxylic acids is 1. The van der Waals surface area contributed by atoms with Crippen LogP contribution in [0.5, 0.6) is 0 Å². The maximum absolute atomic E-state index is 11.3. The molecule has 74 valence electrons. The minimum absolute atomic E-state index is 0.272. The number of nitrogens with zero attached hydrogens (tertiary/aromatic N) is 1. The summed E-state index contributed by atoms with van der Waals surface area (Å²) in [7, 11) is 1.74. The maximum atomic E-state index is 11.3. The van der Waals surface area contributed by atoms with Crippen molar-refractivity contribution in [3.63, 3.8) is 0 Å². The van der Waals surface area contributed by atoms with Gasteiger partial charge in [0.05, 0.1) is 5.69 Å². The molecule has 1 heterocycles. The van der Waals surface area contributed by atoms with Gasteiger partial charge in [0.25, 0.3) is 0 Å². The second-order valence-electron chi connectivity index (χ2n) is 3.43. The standard InChI is InChI=1S/C11H13NO2/c1-3-8-4-5-9-7-14-11(13)12(2)10(9)6-8/h4-6H,3,7H2,1-2H3. The molecule has 0 unspecified atom stereocenters. The number of amides is 1. The first kappa shape index (κ1) is 9.06. The first-order valence-corrected chi connectivity index (χ1v) is 4.74. The highest BCUT2D eigenvalue weighted by molar-refractivity contribution is 5.89. The quantitative estimate of drug-likeness (QED) is 0.681. The van der Waals surface area contributed by atoms with E-state index in [4.69, 9.17) is 4.74 Å². The Hall–Kier alpha value is -1.51. The van der Waals surface area contributed by atoms with Crippen LogP contribution in [0.25, 0.3) is 0 Å². The highest BCUT2D eigenvalue weighted by Crippen LogP contribution is 2.26. The van der Waals surface area contributed by atoms with Gasteiger partial charge in [0.15, 0.2) is 0 Å². The molecule has 1 aromatic rings. The Morgan fingerprint density at radius 3 is 3.00 bits per heavy atom. The molecule has 0 bridgehead atoms. The van der Waals surface area contributed by atoms with E-state index in [0.717, 1.165) is 17.7 Å². The summed E-state index contributed by atoms with van der Waals surface area (Å²) < 4.78 is 4.98. The lowest BCUT2D eigenvalue weighted by Crippen LogP contribution is -2.31. The van der Waals surface area contributed by atoms with Crippen molar-refractivity contribution in [2.75, 3.05) is 11.9 Å². The van der Waals surface area contributed by atoms with Crippen LogP contribution >= 0.6 is 0 Å². The van der Waals surface area contributed by atoms with Crippen molar-refractivity contribution in [2.24, 2.45) is 0 Å². The van der Waals surface area contributed by atoms with Crippen LogP contribution < -0.4 is 4.90 Å². The summed E-state index contributed by atoms with van der Waals surface area (Å²) in [5.41, 5.74) is 3.29. The van der Waals surface area contributed by atoms with Crippen LogP contribution in [0.15, 0.2) is 18.2 Å². The van der Waals surface area contributed by atoms with Crippen LogP contribution in [0.3, 0.4) is 0 Å². The van der Waals surface area contributed by atoms with Crippen molar-refractivity contribution in [3.05, 3.63) is 29.3 Å². The zero-order valence-corrected chi connectivity index (χ0v) is 8.41. The molecule has 1 aliphatic heterocycles. The highest BCUT2D eigenvalue weighted by atomic mass is 16.6.